The van der Waals surface area contributed by atoms with Crippen LogP contribution in [0.2, 0.25) is 0 Å². The lowest BCUT2D eigenvalue weighted by Crippen LogP contribution is -2.35. The van der Waals surface area contributed by atoms with E-state index < -0.39 is 0 Å². The van der Waals surface area contributed by atoms with E-state index in [2.05, 4.69) is 17.3 Å². The van der Waals surface area contributed by atoms with Crippen molar-refractivity contribution in [2.24, 2.45) is 5.92 Å². The van der Waals surface area contributed by atoms with Gasteiger partial charge in [0.15, 0.2) is 0 Å². The van der Waals surface area contributed by atoms with E-state index in [1.54, 1.807) is 0 Å². The fourth-order valence-electron chi connectivity index (χ4n) is 2.48. The zero-order chi connectivity index (χ0) is 13.8. The van der Waals surface area contributed by atoms with Gasteiger partial charge >= 0.3 is 0 Å². The largest absolute Gasteiger partial charge is 0.382 e. The highest BCUT2D eigenvalue weighted by atomic mass is 16.5. The molecule has 0 saturated carbocycles. The van der Waals surface area contributed by atoms with Crippen molar-refractivity contribution in [2.75, 3.05) is 59.7 Å². The van der Waals surface area contributed by atoms with Crippen molar-refractivity contribution in [3.05, 3.63) is 0 Å². The third-order valence-electron chi connectivity index (χ3n) is 3.59. The number of likely N-dealkylation sites (N-methyl/N-ethyl adjacent to an activating group) is 1. The van der Waals surface area contributed by atoms with Crippen molar-refractivity contribution in [3.8, 4) is 0 Å². The van der Waals surface area contributed by atoms with Crippen LogP contribution in [0.5, 0.6) is 0 Å². The molecule has 0 aromatic rings. The molecular weight excluding hydrogens is 240 g/mol. The summed E-state index contributed by atoms with van der Waals surface area (Å²) < 4.78 is 10.8. The molecule has 1 atom stereocenters. The summed E-state index contributed by atoms with van der Waals surface area (Å²) in [6.07, 6.45) is 4.93. The number of rotatable bonds is 11. The fraction of sp³-hybridized carbons (Fsp3) is 1.00. The van der Waals surface area contributed by atoms with E-state index in [1.165, 1.54) is 25.8 Å². The molecule has 0 aromatic heterocycles. The Kier molecular flexibility index (Phi) is 10.4. The molecule has 19 heavy (non-hydrogen) atoms. The van der Waals surface area contributed by atoms with Gasteiger partial charge in [0.05, 0.1) is 6.61 Å². The summed E-state index contributed by atoms with van der Waals surface area (Å²) in [6.45, 7) is 10.2. The minimum Gasteiger partial charge on any atom is -0.382 e. The summed E-state index contributed by atoms with van der Waals surface area (Å²) in [5, 5.41) is 3.50. The molecule has 0 amide bonds. The Morgan fingerprint density at radius 1 is 1.32 bits per heavy atom. The van der Waals surface area contributed by atoms with Crippen LogP contribution < -0.4 is 5.32 Å². The average Bonchev–Trinajstić information content (AvgIpc) is 2.43. The maximum absolute atomic E-state index is 5.52. The van der Waals surface area contributed by atoms with Crippen LogP contribution >= 0.6 is 0 Å². The number of hydrogen-bond donors (Lipinski definition) is 1. The van der Waals surface area contributed by atoms with Crippen LogP contribution in [0.4, 0.5) is 0 Å². The molecule has 1 unspecified atom stereocenters. The lowest BCUT2D eigenvalue weighted by atomic mass is 10.0. The molecule has 0 bridgehead atoms. The Morgan fingerprint density at radius 3 is 2.95 bits per heavy atom. The predicted octanol–water partition coefficient (Wildman–Crippen LogP) is 1.75. The molecule has 1 rings (SSSR count). The topological polar surface area (TPSA) is 33.7 Å². The SMILES string of the molecule is CCOCCCCNCCN(C)CC1CCCOC1. The number of hydrogen-bond acceptors (Lipinski definition) is 4. The summed E-state index contributed by atoms with van der Waals surface area (Å²) in [6, 6.07) is 0. The van der Waals surface area contributed by atoms with E-state index in [0.29, 0.717) is 0 Å². The standard InChI is InChI=1S/C15H32N2O2/c1-3-18-11-5-4-8-16-9-10-17(2)13-15-7-6-12-19-14-15/h15-16H,3-14H2,1-2H3. The number of ether oxygens (including phenoxy) is 2. The molecule has 4 nitrogen and oxygen atoms in total. The molecule has 0 spiro atoms. The molecule has 1 aliphatic heterocycles. The normalized spacial score (nSPS) is 20.1. The maximum atomic E-state index is 5.52. The Morgan fingerprint density at radius 2 is 2.21 bits per heavy atom. The summed E-state index contributed by atoms with van der Waals surface area (Å²) in [4.78, 5) is 2.42. The smallest absolute Gasteiger partial charge is 0.0506 e. The second-order valence-electron chi connectivity index (χ2n) is 5.50. The Bertz CT molecular complexity index is 197. The third kappa shape index (κ3) is 9.38. The van der Waals surface area contributed by atoms with Crippen LogP contribution in [0.15, 0.2) is 0 Å². The molecule has 0 aromatic carbocycles. The molecule has 1 N–H and O–H groups in total. The van der Waals surface area contributed by atoms with Gasteiger partial charge in [0.25, 0.3) is 0 Å². The first-order valence-corrected chi connectivity index (χ1v) is 7.87. The van der Waals surface area contributed by atoms with E-state index in [0.717, 1.165) is 58.4 Å². The summed E-state index contributed by atoms with van der Waals surface area (Å²) in [7, 11) is 2.21. The average molecular weight is 272 g/mol. The van der Waals surface area contributed by atoms with Gasteiger partial charge in [-0.15, -0.1) is 0 Å². The molecule has 1 saturated heterocycles. The molecule has 0 aliphatic carbocycles. The zero-order valence-electron chi connectivity index (χ0n) is 12.8. The van der Waals surface area contributed by atoms with Gasteiger partial charge in [-0.2, -0.15) is 0 Å². The number of unbranched alkanes of at least 4 members (excludes halogenated alkanes) is 1. The van der Waals surface area contributed by atoms with E-state index in [9.17, 15) is 0 Å². The van der Waals surface area contributed by atoms with E-state index in [1.807, 2.05) is 6.92 Å². The van der Waals surface area contributed by atoms with Gasteiger partial charge in [0.1, 0.15) is 0 Å². The van der Waals surface area contributed by atoms with Gasteiger partial charge in [0.2, 0.25) is 0 Å². The molecule has 1 aliphatic rings. The van der Waals surface area contributed by atoms with Crippen LogP contribution in [-0.2, 0) is 9.47 Å². The summed E-state index contributed by atoms with van der Waals surface area (Å²) in [5.74, 6) is 0.741. The van der Waals surface area contributed by atoms with Gasteiger partial charge in [0, 0.05) is 39.5 Å². The maximum Gasteiger partial charge on any atom is 0.0506 e. The molecule has 114 valence electrons. The predicted molar refractivity (Wildman–Crippen MR) is 79.6 cm³/mol. The van der Waals surface area contributed by atoms with Crippen molar-refractivity contribution in [1.29, 1.82) is 0 Å². The van der Waals surface area contributed by atoms with E-state index in [-0.39, 0.29) is 0 Å². The second-order valence-corrected chi connectivity index (χ2v) is 5.50. The van der Waals surface area contributed by atoms with Gasteiger partial charge in [-0.25, -0.2) is 0 Å². The van der Waals surface area contributed by atoms with E-state index in [4.69, 9.17) is 9.47 Å². The van der Waals surface area contributed by atoms with Crippen LogP contribution in [0.3, 0.4) is 0 Å². The first-order chi connectivity index (χ1) is 9.33. The fourth-order valence-corrected chi connectivity index (χ4v) is 2.48. The highest BCUT2D eigenvalue weighted by Crippen LogP contribution is 2.13. The molecule has 1 fully saturated rings. The minimum atomic E-state index is 0.741. The van der Waals surface area contributed by atoms with Gasteiger partial charge in [-0.05, 0) is 52.1 Å². The van der Waals surface area contributed by atoms with Crippen molar-refractivity contribution < 1.29 is 9.47 Å². The Hall–Kier alpha value is -0.160. The van der Waals surface area contributed by atoms with Crippen LogP contribution in [0.25, 0.3) is 0 Å². The van der Waals surface area contributed by atoms with Crippen LogP contribution in [0, 0.1) is 5.92 Å². The van der Waals surface area contributed by atoms with Gasteiger partial charge in [-0.3, -0.25) is 0 Å². The lowest BCUT2D eigenvalue weighted by Gasteiger charge is -2.27. The van der Waals surface area contributed by atoms with Crippen molar-refractivity contribution >= 4 is 0 Å². The van der Waals surface area contributed by atoms with E-state index >= 15 is 0 Å². The number of nitrogens with zero attached hydrogens (tertiary/aromatic N) is 1. The summed E-state index contributed by atoms with van der Waals surface area (Å²) in [5.41, 5.74) is 0. The molecule has 4 heteroatoms. The minimum absolute atomic E-state index is 0.741. The second kappa shape index (κ2) is 11.6. The first kappa shape index (κ1) is 16.9. The van der Waals surface area contributed by atoms with Crippen molar-refractivity contribution in [3.63, 3.8) is 0 Å². The van der Waals surface area contributed by atoms with Crippen LogP contribution in [-0.4, -0.2) is 64.6 Å². The number of nitrogens with one attached hydrogen (secondary N) is 1. The summed E-state index contributed by atoms with van der Waals surface area (Å²) >= 11 is 0. The first-order valence-electron chi connectivity index (χ1n) is 7.87. The quantitative estimate of drug-likeness (QED) is 0.581. The zero-order valence-corrected chi connectivity index (χ0v) is 12.8. The molecule has 0 radical (unpaired) electrons. The van der Waals surface area contributed by atoms with Crippen molar-refractivity contribution in [2.45, 2.75) is 32.6 Å². The Balaban J connectivity index is 1.85. The highest BCUT2D eigenvalue weighted by Gasteiger charge is 2.15. The monoisotopic (exact) mass is 272 g/mol. The van der Waals surface area contributed by atoms with Crippen molar-refractivity contribution in [1.82, 2.24) is 10.2 Å². The molecule has 1 heterocycles. The lowest BCUT2D eigenvalue weighted by molar-refractivity contribution is 0.0422. The van der Waals surface area contributed by atoms with Gasteiger partial charge in [-0.1, -0.05) is 0 Å². The molecular formula is C15H32N2O2. The third-order valence-corrected chi connectivity index (χ3v) is 3.59. The van der Waals surface area contributed by atoms with Crippen LogP contribution in [0.1, 0.15) is 32.6 Å². The van der Waals surface area contributed by atoms with Gasteiger partial charge < -0.3 is 19.7 Å². The Labute approximate surface area is 118 Å². The highest BCUT2D eigenvalue weighted by molar-refractivity contribution is 4.67.